The van der Waals surface area contributed by atoms with E-state index in [1.807, 2.05) is 0 Å². The zero-order valence-corrected chi connectivity index (χ0v) is 21.8. The minimum Gasteiger partial charge on any atom is -0.497 e. The Balaban J connectivity index is 1.75. The summed E-state index contributed by atoms with van der Waals surface area (Å²) in [7, 11) is -4.83. The maximum Gasteiger partial charge on any atom is 0.262 e. The normalized spacial score (nSPS) is 11.4. The summed E-state index contributed by atoms with van der Waals surface area (Å²) in [5, 5.41) is 2.60. The van der Waals surface area contributed by atoms with Crippen LogP contribution in [0.1, 0.15) is 5.56 Å². The van der Waals surface area contributed by atoms with Crippen LogP contribution in [0, 0.1) is 6.92 Å². The molecule has 2 N–H and O–H groups in total. The summed E-state index contributed by atoms with van der Waals surface area (Å²) in [6.45, 7) is 1.31. The number of hydrogen-bond donors (Lipinski definition) is 2. The summed E-state index contributed by atoms with van der Waals surface area (Å²) in [4.78, 5) is 12.6. The first kappa shape index (κ1) is 26.8. The molecule has 10 nitrogen and oxygen atoms in total. The standard InChI is InChI=1S/C24H27N3O7S2/c1-17-7-5-6-8-22(17)27(35(4,29)30)16-24(28)25-18-9-12-20(13-10-18)36(31,32)26-21-15-19(33-2)11-14-23(21)34-3/h5-15,26H,16H2,1-4H3,(H,25,28). The third-order valence-electron chi connectivity index (χ3n) is 5.17. The Morgan fingerprint density at radius 1 is 0.917 bits per heavy atom. The van der Waals surface area contributed by atoms with Crippen molar-refractivity contribution in [1.29, 1.82) is 0 Å². The van der Waals surface area contributed by atoms with E-state index in [9.17, 15) is 21.6 Å². The molecule has 0 aliphatic heterocycles. The molecule has 3 aromatic carbocycles. The molecule has 0 saturated carbocycles. The van der Waals surface area contributed by atoms with Gasteiger partial charge in [0.1, 0.15) is 18.0 Å². The molecule has 0 fully saturated rings. The molecule has 0 bridgehead atoms. The molecule has 0 aliphatic rings. The first-order chi connectivity index (χ1) is 16.9. The van der Waals surface area contributed by atoms with Crippen LogP contribution in [0.2, 0.25) is 0 Å². The van der Waals surface area contributed by atoms with E-state index >= 15 is 0 Å². The third-order valence-corrected chi connectivity index (χ3v) is 7.68. The molecule has 0 unspecified atom stereocenters. The molecule has 0 spiro atoms. The van der Waals surface area contributed by atoms with Crippen LogP contribution >= 0.6 is 0 Å². The molecular weight excluding hydrogens is 506 g/mol. The Morgan fingerprint density at radius 2 is 1.58 bits per heavy atom. The minimum absolute atomic E-state index is 0.0527. The van der Waals surface area contributed by atoms with Crippen LogP contribution in [0.3, 0.4) is 0 Å². The van der Waals surface area contributed by atoms with Crippen LogP contribution in [0.15, 0.2) is 71.6 Å². The number of ether oxygens (including phenoxy) is 2. The van der Waals surface area contributed by atoms with Crippen molar-refractivity contribution in [3.63, 3.8) is 0 Å². The molecule has 0 saturated heterocycles. The Kier molecular flexibility index (Phi) is 8.10. The van der Waals surface area contributed by atoms with E-state index in [2.05, 4.69) is 10.0 Å². The SMILES string of the molecule is COc1ccc(OC)c(NS(=O)(=O)c2ccc(NC(=O)CN(c3ccccc3C)S(C)(=O)=O)cc2)c1. The van der Waals surface area contributed by atoms with Crippen molar-refractivity contribution < 1.29 is 31.1 Å². The van der Waals surface area contributed by atoms with Gasteiger partial charge in [-0.1, -0.05) is 18.2 Å². The second-order valence-corrected chi connectivity index (χ2v) is 11.4. The molecule has 0 radical (unpaired) electrons. The molecule has 36 heavy (non-hydrogen) atoms. The van der Waals surface area contributed by atoms with Gasteiger partial charge in [0.2, 0.25) is 15.9 Å². The number of sulfonamides is 2. The van der Waals surface area contributed by atoms with E-state index < -0.39 is 32.5 Å². The van der Waals surface area contributed by atoms with E-state index in [0.717, 1.165) is 10.6 Å². The van der Waals surface area contributed by atoms with Gasteiger partial charge >= 0.3 is 0 Å². The molecule has 3 rings (SSSR count). The van der Waals surface area contributed by atoms with Gasteiger partial charge in [0.15, 0.2) is 0 Å². The number of nitrogens with zero attached hydrogens (tertiary/aromatic N) is 1. The molecule has 12 heteroatoms. The molecular formula is C24H27N3O7S2. The number of anilines is 3. The number of aryl methyl sites for hydroxylation is 1. The number of carbonyl (C=O) groups excluding carboxylic acids is 1. The van der Waals surface area contributed by atoms with Gasteiger partial charge in [0, 0.05) is 11.8 Å². The molecule has 192 valence electrons. The average Bonchev–Trinajstić information content (AvgIpc) is 2.82. The smallest absolute Gasteiger partial charge is 0.262 e. The van der Waals surface area contributed by atoms with Gasteiger partial charge in [-0.25, -0.2) is 16.8 Å². The second-order valence-electron chi connectivity index (χ2n) is 7.80. The second kappa shape index (κ2) is 10.9. The Hall–Kier alpha value is -3.77. The number of amides is 1. The van der Waals surface area contributed by atoms with Crippen LogP contribution in [-0.4, -0.2) is 49.8 Å². The number of benzene rings is 3. The molecule has 0 heterocycles. The van der Waals surface area contributed by atoms with Gasteiger partial charge in [-0.05, 0) is 55.0 Å². The highest BCUT2D eigenvalue weighted by Gasteiger charge is 2.23. The summed E-state index contributed by atoms with van der Waals surface area (Å²) in [5.74, 6) is 0.172. The quantitative estimate of drug-likeness (QED) is 0.409. The maximum atomic E-state index is 12.9. The predicted octanol–water partition coefficient (Wildman–Crippen LogP) is 3.22. The Bertz CT molecular complexity index is 1460. The highest BCUT2D eigenvalue weighted by atomic mass is 32.2. The molecule has 3 aromatic rings. The molecule has 0 aliphatic carbocycles. The number of hydrogen-bond acceptors (Lipinski definition) is 7. The van der Waals surface area contributed by atoms with Crippen LogP contribution in [0.4, 0.5) is 17.1 Å². The van der Waals surface area contributed by atoms with Crippen molar-refractivity contribution in [3.05, 3.63) is 72.3 Å². The van der Waals surface area contributed by atoms with Crippen LogP contribution in [-0.2, 0) is 24.8 Å². The molecule has 1 amide bonds. The van der Waals surface area contributed by atoms with E-state index in [1.165, 1.54) is 44.6 Å². The maximum absolute atomic E-state index is 12.9. The Morgan fingerprint density at radius 3 is 2.17 bits per heavy atom. The highest BCUT2D eigenvalue weighted by Crippen LogP contribution is 2.31. The van der Waals surface area contributed by atoms with Gasteiger partial charge in [-0.3, -0.25) is 13.8 Å². The summed E-state index contributed by atoms with van der Waals surface area (Å²) >= 11 is 0. The lowest BCUT2D eigenvalue weighted by atomic mass is 10.2. The van der Waals surface area contributed by atoms with E-state index in [1.54, 1.807) is 43.3 Å². The van der Waals surface area contributed by atoms with Gasteiger partial charge in [-0.2, -0.15) is 0 Å². The molecule has 0 atom stereocenters. The van der Waals surface area contributed by atoms with Crippen molar-refractivity contribution in [1.82, 2.24) is 0 Å². The summed E-state index contributed by atoms with van der Waals surface area (Å²) in [6.07, 6.45) is 1.02. The lowest BCUT2D eigenvalue weighted by Gasteiger charge is -2.23. The van der Waals surface area contributed by atoms with Crippen molar-refractivity contribution >= 4 is 43.0 Å². The number of carbonyl (C=O) groups is 1. The minimum atomic E-state index is -3.98. The predicted molar refractivity (Wildman–Crippen MR) is 139 cm³/mol. The third kappa shape index (κ3) is 6.46. The fraction of sp³-hybridized carbons (Fsp3) is 0.208. The fourth-order valence-electron chi connectivity index (χ4n) is 3.37. The number of methoxy groups -OCH3 is 2. The van der Waals surface area contributed by atoms with Crippen LogP contribution in [0.25, 0.3) is 0 Å². The van der Waals surface area contributed by atoms with Crippen molar-refractivity contribution in [2.75, 3.05) is 41.4 Å². The largest absolute Gasteiger partial charge is 0.497 e. The van der Waals surface area contributed by atoms with Crippen molar-refractivity contribution in [2.45, 2.75) is 11.8 Å². The van der Waals surface area contributed by atoms with Gasteiger partial charge in [0.25, 0.3) is 10.0 Å². The fourth-order valence-corrected chi connectivity index (χ4v) is 5.35. The van der Waals surface area contributed by atoms with Crippen LogP contribution in [0.5, 0.6) is 11.5 Å². The number of rotatable bonds is 10. The van der Waals surface area contributed by atoms with Crippen molar-refractivity contribution in [2.24, 2.45) is 0 Å². The zero-order chi connectivity index (χ0) is 26.5. The highest BCUT2D eigenvalue weighted by molar-refractivity contribution is 7.92. The first-order valence-electron chi connectivity index (χ1n) is 10.6. The number of nitrogens with one attached hydrogen (secondary N) is 2. The van der Waals surface area contributed by atoms with E-state index in [-0.39, 0.29) is 10.6 Å². The Labute approximate surface area is 211 Å². The van der Waals surface area contributed by atoms with E-state index in [0.29, 0.717) is 28.4 Å². The van der Waals surface area contributed by atoms with Gasteiger partial charge in [0.05, 0.1) is 36.7 Å². The summed E-state index contributed by atoms with van der Waals surface area (Å²) in [5.41, 5.74) is 1.60. The average molecular weight is 534 g/mol. The monoisotopic (exact) mass is 533 g/mol. The van der Waals surface area contributed by atoms with Crippen LogP contribution < -0.4 is 23.8 Å². The summed E-state index contributed by atoms with van der Waals surface area (Å²) < 4.78 is 64.2. The van der Waals surface area contributed by atoms with Crippen molar-refractivity contribution in [3.8, 4) is 11.5 Å². The topological polar surface area (TPSA) is 131 Å². The zero-order valence-electron chi connectivity index (χ0n) is 20.2. The lowest BCUT2D eigenvalue weighted by molar-refractivity contribution is -0.114. The lowest BCUT2D eigenvalue weighted by Crippen LogP contribution is -2.37. The first-order valence-corrected chi connectivity index (χ1v) is 14.0. The van der Waals surface area contributed by atoms with E-state index in [4.69, 9.17) is 9.47 Å². The van der Waals surface area contributed by atoms with Gasteiger partial charge in [-0.15, -0.1) is 0 Å². The molecule has 0 aromatic heterocycles. The van der Waals surface area contributed by atoms with Gasteiger partial charge < -0.3 is 14.8 Å². The summed E-state index contributed by atoms with van der Waals surface area (Å²) in [6, 6.07) is 17.0. The number of para-hydroxylation sites is 1.